The van der Waals surface area contributed by atoms with Crippen molar-refractivity contribution in [3.8, 4) is 5.75 Å². The highest BCUT2D eigenvalue weighted by Crippen LogP contribution is 2.47. The van der Waals surface area contributed by atoms with Gasteiger partial charge in [0.1, 0.15) is 24.0 Å². The van der Waals surface area contributed by atoms with E-state index in [-0.39, 0.29) is 12.0 Å². The fourth-order valence-corrected chi connectivity index (χ4v) is 9.48. The van der Waals surface area contributed by atoms with E-state index in [1.54, 1.807) is 37.8 Å². The number of nitrogens with zero attached hydrogens (tertiary/aromatic N) is 6. The summed E-state index contributed by atoms with van der Waals surface area (Å²) >= 11 is 26.3. The van der Waals surface area contributed by atoms with Gasteiger partial charge in [-0.3, -0.25) is 4.79 Å². The van der Waals surface area contributed by atoms with Crippen LogP contribution in [0.1, 0.15) is 34.7 Å². The number of amides is 1. The van der Waals surface area contributed by atoms with Crippen molar-refractivity contribution < 1.29 is 19.0 Å². The highest BCUT2D eigenvalue weighted by molar-refractivity contribution is 6.37. The first kappa shape index (κ1) is 44.3. The van der Waals surface area contributed by atoms with E-state index in [2.05, 4.69) is 43.7 Å². The van der Waals surface area contributed by atoms with Gasteiger partial charge in [-0.15, -0.1) is 0 Å². The molecule has 7 aromatic rings. The molecule has 63 heavy (non-hydrogen) atoms. The maximum atomic E-state index is 11.6. The smallest absolute Gasteiger partial charge is 0.219 e. The molecule has 14 heteroatoms. The predicted octanol–water partition coefficient (Wildman–Crippen LogP) is 10.5. The lowest BCUT2D eigenvalue weighted by Crippen LogP contribution is -2.48. The Kier molecular flexibility index (Phi) is 13.8. The van der Waals surface area contributed by atoms with Crippen LogP contribution in [0.15, 0.2) is 153 Å². The summed E-state index contributed by atoms with van der Waals surface area (Å²) in [5.74, 6) is -0.201. The van der Waals surface area contributed by atoms with E-state index >= 15 is 0 Å². The second-order valence-electron chi connectivity index (χ2n) is 15.4. The number of hydrogen-bond donors (Lipinski definition) is 0. The Hall–Kier alpha value is -5.33. The first-order valence-corrected chi connectivity index (χ1v) is 22.1. The third kappa shape index (κ3) is 9.48. The topological polar surface area (TPSA) is 86.9 Å². The SMILES string of the molecule is CC(=O)N1CCN(c2ccc(OC[C@H]3CO[C@](Cn4ccnc4)(c4ccc(Cl)cc4Cl)O3)cc2)CC1.Cc1ccc(Cl)c(C(c2ccccc2)(c2ccccc2)n2ccnc2)c1Cl. The zero-order chi connectivity index (χ0) is 44.0. The van der Waals surface area contributed by atoms with Crippen LogP contribution in [0.25, 0.3) is 0 Å². The minimum absolute atomic E-state index is 0.129. The molecule has 0 bridgehead atoms. The zero-order valence-electron chi connectivity index (χ0n) is 34.8. The normalized spacial score (nSPS) is 17.6. The van der Waals surface area contributed by atoms with Crippen LogP contribution in [0.5, 0.6) is 5.75 Å². The molecular formula is C49H46Cl4N6O4. The molecule has 2 atom stereocenters. The van der Waals surface area contributed by atoms with Gasteiger partial charge in [0.15, 0.2) is 0 Å². The van der Waals surface area contributed by atoms with E-state index in [0.717, 1.165) is 59.9 Å². The number of anilines is 1. The molecule has 2 saturated heterocycles. The molecule has 2 aliphatic rings. The lowest BCUT2D eigenvalue weighted by molar-refractivity contribution is -0.189. The van der Waals surface area contributed by atoms with Crippen LogP contribution in [0.4, 0.5) is 5.69 Å². The molecule has 0 unspecified atom stereocenters. The molecule has 2 aliphatic heterocycles. The van der Waals surface area contributed by atoms with Crippen LogP contribution in [0.2, 0.25) is 20.1 Å². The van der Waals surface area contributed by atoms with Gasteiger partial charge in [0.2, 0.25) is 11.7 Å². The third-order valence-electron chi connectivity index (χ3n) is 11.4. The Morgan fingerprint density at radius 1 is 0.794 bits per heavy atom. The van der Waals surface area contributed by atoms with Gasteiger partial charge in [0.05, 0.1) is 35.9 Å². The zero-order valence-corrected chi connectivity index (χ0v) is 37.8. The lowest BCUT2D eigenvalue weighted by Gasteiger charge is -2.38. The highest BCUT2D eigenvalue weighted by atomic mass is 35.5. The number of aromatic nitrogens is 4. The molecule has 0 spiro atoms. The summed E-state index contributed by atoms with van der Waals surface area (Å²) in [6, 6.07) is 37.7. The van der Waals surface area contributed by atoms with Gasteiger partial charge < -0.3 is 33.1 Å². The molecule has 10 nitrogen and oxygen atoms in total. The van der Waals surface area contributed by atoms with Crippen molar-refractivity contribution in [3.63, 3.8) is 0 Å². The summed E-state index contributed by atoms with van der Waals surface area (Å²) in [7, 11) is 0. The number of carbonyl (C=O) groups excluding carboxylic acids is 1. The molecule has 5 aromatic carbocycles. The Bertz CT molecular complexity index is 2550. The number of carbonyl (C=O) groups is 1. The average Bonchev–Trinajstić information content (AvgIpc) is 4.12. The van der Waals surface area contributed by atoms with Gasteiger partial charge in [-0.1, -0.05) is 119 Å². The van der Waals surface area contributed by atoms with E-state index in [9.17, 15) is 4.79 Å². The summed E-state index contributed by atoms with van der Waals surface area (Å²) in [5, 5.41) is 2.29. The standard InChI is InChI=1S/C26H28Cl2N4O4.C23H18Cl2N2/c1-19(33)31-10-12-32(13-11-31)21-3-5-22(6-4-21)34-15-23-16-35-26(36-23,17-30-9-8-29-18-30)24-7-2-20(27)14-25(24)28;1-17-12-13-20(24)21(22(17)25)23(27-15-14-26-16-27,18-8-4-2-5-9-18)19-10-6-3-7-11-19/h2-9,14,18,23H,10-13,15-17H2,1H3;2-16H,1H3/t23-,26-;/m0./s1. The summed E-state index contributed by atoms with van der Waals surface area (Å²) in [6.45, 7) is 7.80. The molecule has 324 valence electrons. The van der Waals surface area contributed by atoms with Gasteiger partial charge in [0, 0.05) is 84.7 Å². The summed E-state index contributed by atoms with van der Waals surface area (Å²) < 4.78 is 22.7. The van der Waals surface area contributed by atoms with Crippen LogP contribution in [-0.4, -0.2) is 75.4 Å². The van der Waals surface area contributed by atoms with Gasteiger partial charge in [-0.25, -0.2) is 9.97 Å². The number of piperazine rings is 1. The van der Waals surface area contributed by atoms with Crippen molar-refractivity contribution in [1.82, 2.24) is 24.0 Å². The summed E-state index contributed by atoms with van der Waals surface area (Å²) in [4.78, 5) is 24.2. The quantitative estimate of drug-likeness (QED) is 0.119. The highest BCUT2D eigenvalue weighted by Gasteiger charge is 2.46. The summed E-state index contributed by atoms with van der Waals surface area (Å²) in [5.41, 5.74) is 5.03. The minimum atomic E-state index is -1.08. The number of hydrogen-bond acceptors (Lipinski definition) is 7. The van der Waals surface area contributed by atoms with Crippen molar-refractivity contribution in [3.05, 3.63) is 201 Å². The Labute approximate surface area is 387 Å². The summed E-state index contributed by atoms with van der Waals surface area (Å²) in [6.07, 6.45) is 10.5. The molecule has 2 fully saturated rings. The molecule has 4 heterocycles. The number of rotatable bonds is 11. The fourth-order valence-electron chi connectivity index (χ4n) is 8.28. The van der Waals surface area contributed by atoms with Crippen molar-refractivity contribution in [2.45, 2.75) is 37.8 Å². The van der Waals surface area contributed by atoms with Gasteiger partial charge in [-0.05, 0) is 66.1 Å². The second kappa shape index (κ2) is 19.6. The van der Waals surface area contributed by atoms with E-state index in [1.807, 2.05) is 114 Å². The molecule has 9 rings (SSSR count). The van der Waals surface area contributed by atoms with Gasteiger partial charge in [-0.2, -0.15) is 0 Å². The molecule has 1 amide bonds. The van der Waals surface area contributed by atoms with Crippen LogP contribution >= 0.6 is 46.4 Å². The van der Waals surface area contributed by atoms with E-state index in [4.69, 9.17) is 60.6 Å². The van der Waals surface area contributed by atoms with E-state index in [1.165, 1.54) is 0 Å². The molecule has 2 aromatic heterocycles. The number of aryl methyl sites for hydroxylation is 1. The van der Waals surface area contributed by atoms with Crippen LogP contribution in [0, 0.1) is 6.92 Å². The van der Waals surface area contributed by atoms with Crippen molar-refractivity contribution in [1.29, 1.82) is 0 Å². The molecule has 0 radical (unpaired) electrons. The fraction of sp³-hybridized carbons (Fsp3) is 0.245. The van der Waals surface area contributed by atoms with Crippen molar-refractivity contribution in [2.75, 3.05) is 44.3 Å². The van der Waals surface area contributed by atoms with Crippen molar-refractivity contribution in [2.24, 2.45) is 0 Å². The lowest BCUT2D eigenvalue weighted by atomic mass is 9.76. The average molecular weight is 925 g/mol. The predicted molar refractivity (Wildman–Crippen MR) is 249 cm³/mol. The maximum Gasteiger partial charge on any atom is 0.219 e. The maximum absolute atomic E-state index is 11.6. The van der Waals surface area contributed by atoms with E-state index in [0.29, 0.717) is 45.4 Å². The minimum Gasteiger partial charge on any atom is -0.491 e. The number of ether oxygens (including phenoxy) is 3. The van der Waals surface area contributed by atoms with Crippen molar-refractivity contribution >= 4 is 58.0 Å². The molecular weight excluding hydrogens is 878 g/mol. The van der Waals surface area contributed by atoms with E-state index < -0.39 is 11.3 Å². The molecule has 0 saturated carbocycles. The van der Waals surface area contributed by atoms with Gasteiger partial charge in [0.25, 0.3) is 0 Å². The Balaban J connectivity index is 0.000000180. The second-order valence-corrected chi connectivity index (χ2v) is 17.1. The van der Waals surface area contributed by atoms with Gasteiger partial charge >= 0.3 is 0 Å². The van der Waals surface area contributed by atoms with Crippen LogP contribution < -0.4 is 9.64 Å². The monoisotopic (exact) mass is 922 g/mol. The first-order chi connectivity index (χ1) is 30.6. The number of halogens is 4. The Morgan fingerprint density at radius 3 is 2.06 bits per heavy atom. The number of imidazole rings is 2. The third-order valence-corrected chi connectivity index (χ3v) is 12.8. The largest absolute Gasteiger partial charge is 0.491 e. The van der Waals surface area contributed by atoms with Crippen LogP contribution in [0.3, 0.4) is 0 Å². The van der Waals surface area contributed by atoms with Crippen LogP contribution in [-0.2, 0) is 32.1 Å². The molecule has 0 aliphatic carbocycles. The molecule has 0 N–H and O–H groups in total. The first-order valence-electron chi connectivity index (χ1n) is 20.6. The Morgan fingerprint density at radius 2 is 1.46 bits per heavy atom. The number of benzene rings is 5.